The summed E-state index contributed by atoms with van der Waals surface area (Å²) in [6.07, 6.45) is 3.45. The van der Waals surface area contributed by atoms with E-state index in [2.05, 4.69) is 20.8 Å². The quantitative estimate of drug-likeness (QED) is 0.388. The van der Waals surface area contributed by atoms with Gasteiger partial charge in [0.15, 0.2) is 0 Å². The fraction of sp³-hybridized carbons (Fsp3) is 0.615. The van der Waals surface area contributed by atoms with Crippen molar-refractivity contribution in [3.63, 3.8) is 0 Å². The summed E-state index contributed by atoms with van der Waals surface area (Å²) in [5.41, 5.74) is 6.94. The van der Waals surface area contributed by atoms with Crippen LogP contribution in [0.4, 0.5) is 0 Å². The van der Waals surface area contributed by atoms with Gasteiger partial charge in [-0.2, -0.15) is 5.10 Å². The van der Waals surface area contributed by atoms with E-state index in [1.807, 2.05) is 6.92 Å². The standard InChI is InChI=1S/C13H22N6O/c1-2-3-9-10(11(12(14)15)19-18-9)13(20)17-8-4-6-16-7-5-8/h8,16H,2-7H2,1H3,(H3,14,15)(H,17,20)(H,18,19). The molecule has 1 aliphatic rings. The van der Waals surface area contributed by atoms with Gasteiger partial charge in [-0.05, 0) is 32.4 Å². The molecule has 1 aromatic heterocycles. The van der Waals surface area contributed by atoms with Gasteiger partial charge in [-0.1, -0.05) is 13.3 Å². The number of carbonyl (C=O) groups is 1. The molecule has 1 saturated heterocycles. The number of carbonyl (C=O) groups excluding carboxylic acids is 1. The Kier molecular flexibility index (Phi) is 4.73. The number of nitrogen functional groups attached to an aromatic ring is 1. The van der Waals surface area contributed by atoms with E-state index >= 15 is 0 Å². The van der Waals surface area contributed by atoms with Gasteiger partial charge in [0.1, 0.15) is 11.5 Å². The molecule has 1 aromatic rings. The molecule has 2 heterocycles. The van der Waals surface area contributed by atoms with E-state index in [1.165, 1.54) is 0 Å². The zero-order chi connectivity index (χ0) is 14.5. The molecule has 6 N–H and O–H groups in total. The van der Waals surface area contributed by atoms with Gasteiger partial charge in [0.2, 0.25) is 0 Å². The molecule has 0 unspecified atom stereocenters. The molecule has 0 aliphatic carbocycles. The van der Waals surface area contributed by atoms with Crippen LogP contribution in [0.5, 0.6) is 0 Å². The van der Waals surface area contributed by atoms with Crippen LogP contribution >= 0.6 is 0 Å². The van der Waals surface area contributed by atoms with Crippen LogP contribution in [0.1, 0.15) is 47.9 Å². The average Bonchev–Trinajstić information content (AvgIpc) is 2.84. The topological polar surface area (TPSA) is 120 Å². The van der Waals surface area contributed by atoms with Gasteiger partial charge in [-0.15, -0.1) is 0 Å². The zero-order valence-electron chi connectivity index (χ0n) is 11.8. The molecule has 7 heteroatoms. The summed E-state index contributed by atoms with van der Waals surface area (Å²) in [5.74, 6) is -0.363. The van der Waals surface area contributed by atoms with E-state index in [0.717, 1.165) is 44.5 Å². The van der Waals surface area contributed by atoms with E-state index in [4.69, 9.17) is 11.1 Å². The smallest absolute Gasteiger partial charge is 0.255 e. The molecule has 0 spiro atoms. The van der Waals surface area contributed by atoms with Gasteiger partial charge in [-0.3, -0.25) is 15.3 Å². The molecule has 0 aromatic carbocycles. The summed E-state index contributed by atoms with van der Waals surface area (Å²) in [5, 5.41) is 20.7. The highest BCUT2D eigenvalue weighted by atomic mass is 16.1. The lowest BCUT2D eigenvalue weighted by Crippen LogP contribution is -2.43. The number of hydrogen-bond donors (Lipinski definition) is 5. The predicted molar refractivity (Wildman–Crippen MR) is 77.0 cm³/mol. The van der Waals surface area contributed by atoms with Gasteiger partial charge in [0.25, 0.3) is 5.91 Å². The Morgan fingerprint density at radius 2 is 2.20 bits per heavy atom. The van der Waals surface area contributed by atoms with E-state index in [0.29, 0.717) is 5.56 Å². The number of nitrogens with zero attached hydrogens (tertiary/aromatic N) is 1. The fourth-order valence-corrected chi connectivity index (χ4v) is 2.47. The SMILES string of the molecule is CCCc1[nH]nc(C(=N)N)c1C(=O)NC1CCNCC1. The number of aryl methyl sites for hydroxylation is 1. The molecule has 7 nitrogen and oxygen atoms in total. The van der Waals surface area contributed by atoms with Crippen LogP contribution in [0.15, 0.2) is 0 Å². The lowest BCUT2D eigenvalue weighted by atomic mass is 10.0. The first-order valence-electron chi connectivity index (χ1n) is 7.06. The molecule has 110 valence electrons. The summed E-state index contributed by atoms with van der Waals surface area (Å²) < 4.78 is 0. The molecule has 1 aliphatic heterocycles. The van der Waals surface area contributed by atoms with Crippen LogP contribution in [0, 0.1) is 5.41 Å². The van der Waals surface area contributed by atoms with Crippen LogP contribution in [0.3, 0.4) is 0 Å². The number of rotatable bonds is 5. The third-order valence-corrected chi connectivity index (χ3v) is 3.50. The van der Waals surface area contributed by atoms with Gasteiger partial charge in [-0.25, -0.2) is 0 Å². The number of aromatic nitrogens is 2. The maximum atomic E-state index is 12.5. The first kappa shape index (κ1) is 14.5. The Bertz CT molecular complexity index is 489. The van der Waals surface area contributed by atoms with Crippen molar-refractivity contribution in [3.8, 4) is 0 Å². The number of amides is 1. The second kappa shape index (κ2) is 6.51. The summed E-state index contributed by atoms with van der Waals surface area (Å²) in [6.45, 7) is 3.86. The van der Waals surface area contributed by atoms with Crippen molar-refractivity contribution in [1.82, 2.24) is 20.8 Å². The highest BCUT2D eigenvalue weighted by Gasteiger charge is 2.24. The monoisotopic (exact) mass is 278 g/mol. The van der Waals surface area contributed by atoms with E-state index in [9.17, 15) is 4.79 Å². The highest BCUT2D eigenvalue weighted by molar-refractivity contribution is 6.07. The number of H-pyrrole nitrogens is 1. The van der Waals surface area contributed by atoms with Crippen molar-refractivity contribution in [2.75, 3.05) is 13.1 Å². The molecule has 0 atom stereocenters. The van der Waals surface area contributed by atoms with Crippen molar-refractivity contribution in [2.45, 2.75) is 38.6 Å². The minimum atomic E-state index is -0.181. The minimum absolute atomic E-state index is 0.174. The third kappa shape index (κ3) is 3.16. The molecular formula is C13H22N6O. The Morgan fingerprint density at radius 1 is 1.50 bits per heavy atom. The van der Waals surface area contributed by atoms with Crippen molar-refractivity contribution < 1.29 is 4.79 Å². The zero-order valence-corrected chi connectivity index (χ0v) is 11.8. The average molecular weight is 278 g/mol. The molecule has 0 saturated carbocycles. The van der Waals surface area contributed by atoms with Crippen LogP contribution in [-0.4, -0.2) is 41.1 Å². The first-order chi connectivity index (χ1) is 9.63. The highest BCUT2D eigenvalue weighted by Crippen LogP contribution is 2.14. The number of piperidine rings is 1. The number of nitrogens with two attached hydrogens (primary N) is 1. The van der Waals surface area contributed by atoms with Crippen LogP contribution in [0.2, 0.25) is 0 Å². The van der Waals surface area contributed by atoms with Crippen molar-refractivity contribution in [2.24, 2.45) is 5.73 Å². The lowest BCUT2D eigenvalue weighted by Gasteiger charge is -2.23. The van der Waals surface area contributed by atoms with Crippen LogP contribution in [0.25, 0.3) is 0 Å². The predicted octanol–water partition coefficient (Wildman–Crippen LogP) is 0.128. The first-order valence-corrected chi connectivity index (χ1v) is 7.06. The molecule has 20 heavy (non-hydrogen) atoms. The summed E-state index contributed by atoms with van der Waals surface area (Å²) in [6, 6.07) is 0.174. The Morgan fingerprint density at radius 3 is 2.80 bits per heavy atom. The van der Waals surface area contributed by atoms with Crippen molar-refractivity contribution in [3.05, 3.63) is 17.0 Å². The fourth-order valence-electron chi connectivity index (χ4n) is 2.47. The van der Waals surface area contributed by atoms with Crippen molar-refractivity contribution in [1.29, 1.82) is 5.41 Å². The molecule has 0 radical (unpaired) electrons. The largest absolute Gasteiger partial charge is 0.382 e. The van der Waals surface area contributed by atoms with Gasteiger partial charge >= 0.3 is 0 Å². The molecular weight excluding hydrogens is 256 g/mol. The minimum Gasteiger partial charge on any atom is -0.382 e. The maximum absolute atomic E-state index is 12.5. The molecule has 2 rings (SSSR count). The van der Waals surface area contributed by atoms with E-state index in [1.54, 1.807) is 0 Å². The second-order valence-electron chi connectivity index (χ2n) is 5.09. The van der Waals surface area contributed by atoms with Crippen molar-refractivity contribution >= 4 is 11.7 Å². The summed E-state index contributed by atoms with van der Waals surface area (Å²) in [7, 11) is 0. The Balaban J connectivity index is 2.17. The molecule has 1 amide bonds. The number of nitrogens with one attached hydrogen (secondary N) is 4. The lowest BCUT2D eigenvalue weighted by molar-refractivity contribution is 0.0928. The van der Waals surface area contributed by atoms with Crippen LogP contribution < -0.4 is 16.4 Å². The maximum Gasteiger partial charge on any atom is 0.255 e. The number of hydrogen-bond acceptors (Lipinski definition) is 4. The normalized spacial score (nSPS) is 16.1. The van der Waals surface area contributed by atoms with Crippen LogP contribution in [-0.2, 0) is 6.42 Å². The van der Waals surface area contributed by atoms with E-state index in [-0.39, 0.29) is 23.5 Å². The van der Waals surface area contributed by atoms with Gasteiger partial charge in [0.05, 0.1) is 5.56 Å². The Labute approximate surface area is 118 Å². The molecule has 0 bridgehead atoms. The number of amidine groups is 1. The third-order valence-electron chi connectivity index (χ3n) is 3.50. The number of aromatic amines is 1. The Hall–Kier alpha value is -1.89. The summed E-state index contributed by atoms with van der Waals surface area (Å²) >= 11 is 0. The van der Waals surface area contributed by atoms with Gasteiger partial charge in [0, 0.05) is 11.7 Å². The second-order valence-corrected chi connectivity index (χ2v) is 5.09. The van der Waals surface area contributed by atoms with E-state index < -0.39 is 0 Å². The summed E-state index contributed by atoms with van der Waals surface area (Å²) in [4.78, 5) is 12.5. The molecule has 1 fully saturated rings. The van der Waals surface area contributed by atoms with Gasteiger partial charge < -0.3 is 16.4 Å².